The second-order valence-electron chi connectivity index (χ2n) is 5.07. The lowest BCUT2D eigenvalue weighted by Gasteiger charge is -2.16. The van der Waals surface area contributed by atoms with Crippen LogP contribution in [0.15, 0.2) is 35.1 Å². The van der Waals surface area contributed by atoms with E-state index in [0.717, 1.165) is 22.6 Å². The molecule has 0 amide bonds. The lowest BCUT2D eigenvalue weighted by atomic mass is 10.0. The summed E-state index contributed by atoms with van der Waals surface area (Å²) in [5.41, 5.74) is 9.04. The first kappa shape index (κ1) is 16.3. The molecule has 0 bridgehead atoms. The minimum atomic E-state index is -0.0506. The molecule has 0 fully saturated rings. The monoisotopic (exact) mass is 302 g/mol. The minimum absolute atomic E-state index is 0.0506. The molecule has 0 saturated carbocycles. The van der Waals surface area contributed by atoms with Crippen LogP contribution in [0, 0.1) is 6.92 Å². The molecule has 22 heavy (non-hydrogen) atoms. The van der Waals surface area contributed by atoms with Gasteiger partial charge >= 0.3 is 0 Å². The maximum Gasteiger partial charge on any atom is 0.255 e. The van der Waals surface area contributed by atoms with Crippen LogP contribution in [-0.4, -0.2) is 25.4 Å². The third kappa shape index (κ3) is 3.21. The topological polar surface area (TPSA) is 66.5 Å². The van der Waals surface area contributed by atoms with Gasteiger partial charge in [0.25, 0.3) is 5.56 Å². The number of benzene rings is 1. The molecule has 5 heteroatoms. The Balaban J connectivity index is 2.59. The molecule has 118 valence electrons. The summed E-state index contributed by atoms with van der Waals surface area (Å²) < 4.78 is 12.0. The van der Waals surface area contributed by atoms with E-state index in [1.807, 2.05) is 37.3 Å². The van der Waals surface area contributed by atoms with Crippen molar-refractivity contribution in [1.82, 2.24) is 4.57 Å². The number of aromatic nitrogens is 1. The standard InChI is InChI=1S/C17H22N2O3/c1-12-10-16(13-4-6-14(22-3)7-5-13)19(8-9-21-2)17(20)15(12)11-18/h4-7,10H,8-9,11,18H2,1-3H3. The Morgan fingerprint density at radius 3 is 2.41 bits per heavy atom. The highest BCUT2D eigenvalue weighted by Crippen LogP contribution is 2.23. The van der Waals surface area contributed by atoms with Gasteiger partial charge in [-0.25, -0.2) is 0 Å². The van der Waals surface area contributed by atoms with Crippen LogP contribution in [0.1, 0.15) is 11.1 Å². The molecule has 0 unspecified atom stereocenters. The quantitative estimate of drug-likeness (QED) is 0.885. The molecule has 0 aliphatic carbocycles. The normalized spacial score (nSPS) is 10.7. The van der Waals surface area contributed by atoms with Gasteiger partial charge in [-0.2, -0.15) is 0 Å². The molecule has 0 atom stereocenters. The van der Waals surface area contributed by atoms with Crippen molar-refractivity contribution in [3.05, 3.63) is 51.8 Å². The number of rotatable bonds is 6. The van der Waals surface area contributed by atoms with E-state index < -0.39 is 0 Å². The highest BCUT2D eigenvalue weighted by atomic mass is 16.5. The molecule has 0 aliphatic heterocycles. The average Bonchev–Trinajstić information content (AvgIpc) is 2.54. The smallest absolute Gasteiger partial charge is 0.255 e. The summed E-state index contributed by atoms with van der Waals surface area (Å²) in [5.74, 6) is 0.782. The fraction of sp³-hybridized carbons (Fsp3) is 0.353. The highest BCUT2D eigenvalue weighted by Gasteiger charge is 2.13. The van der Waals surface area contributed by atoms with Crippen LogP contribution in [0.3, 0.4) is 0 Å². The Bertz CT molecular complexity index is 690. The zero-order chi connectivity index (χ0) is 16.1. The van der Waals surface area contributed by atoms with E-state index in [-0.39, 0.29) is 12.1 Å². The molecule has 1 heterocycles. The lowest BCUT2D eigenvalue weighted by molar-refractivity contribution is 0.186. The van der Waals surface area contributed by atoms with E-state index >= 15 is 0 Å². The van der Waals surface area contributed by atoms with Crippen LogP contribution in [0.5, 0.6) is 5.75 Å². The highest BCUT2D eigenvalue weighted by molar-refractivity contribution is 5.62. The van der Waals surface area contributed by atoms with Crippen molar-refractivity contribution in [3.8, 4) is 17.0 Å². The van der Waals surface area contributed by atoms with Crippen molar-refractivity contribution in [2.24, 2.45) is 5.73 Å². The fourth-order valence-corrected chi connectivity index (χ4v) is 2.46. The molecule has 0 spiro atoms. The lowest BCUT2D eigenvalue weighted by Crippen LogP contribution is -2.29. The number of methoxy groups -OCH3 is 2. The van der Waals surface area contributed by atoms with Crippen LogP contribution < -0.4 is 16.0 Å². The molecule has 0 radical (unpaired) electrons. The van der Waals surface area contributed by atoms with Gasteiger partial charge in [0.2, 0.25) is 0 Å². The number of ether oxygens (including phenoxy) is 2. The number of nitrogens with two attached hydrogens (primary N) is 1. The van der Waals surface area contributed by atoms with Crippen LogP contribution in [0.4, 0.5) is 0 Å². The minimum Gasteiger partial charge on any atom is -0.497 e. The van der Waals surface area contributed by atoms with Gasteiger partial charge in [-0.15, -0.1) is 0 Å². The van der Waals surface area contributed by atoms with E-state index in [9.17, 15) is 4.79 Å². The SMILES string of the molecule is COCCn1c(-c2ccc(OC)cc2)cc(C)c(CN)c1=O. The Labute approximate surface area is 130 Å². The Hall–Kier alpha value is -2.11. The van der Waals surface area contributed by atoms with Gasteiger partial charge < -0.3 is 19.8 Å². The fourth-order valence-electron chi connectivity index (χ4n) is 2.46. The number of aryl methyl sites for hydroxylation is 1. The molecule has 1 aromatic carbocycles. The van der Waals surface area contributed by atoms with Crippen molar-refractivity contribution < 1.29 is 9.47 Å². The van der Waals surface area contributed by atoms with Gasteiger partial charge in [-0.1, -0.05) is 0 Å². The number of pyridine rings is 1. The molecular weight excluding hydrogens is 280 g/mol. The summed E-state index contributed by atoms with van der Waals surface area (Å²) in [6.07, 6.45) is 0. The summed E-state index contributed by atoms with van der Waals surface area (Å²) >= 11 is 0. The van der Waals surface area contributed by atoms with E-state index in [1.165, 1.54) is 0 Å². The molecule has 0 aliphatic rings. The van der Waals surface area contributed by atoms with E-state index in [0.29, 0.717) is 18.7 Å². The van der Waals surface area contributed by atoms with Crippen LogP contribution >= 0.6 is 0 Å². The van der Waals surface area contributed by atoms with Crippen LogP contribution in [0.25, 0.3) is 11.3 Å². The Morgan fingerprint density at radius 2 is 1.86 bits per heavy atom. The van der Waals surface area contributed by atoms with Crippen LogP contribution in [0.2, 0.25) is 0 Å². The van der Waals surface area contributed by atoms with E-state index in [4.69, 9.17) is 15.2 Å². The third-order valence-corrected chi connectivity index (χ3v) is 3.73. The third-order valence-electron chi connectivity index (χ3n) is 3.73. The Kier molecular flexibility index (Phi) is 5.35. The van der Waals surface area contributed by atoms with E-state index in [2.05, 4.69) is 0 Å². The van der Waals surface area contributed by atoms with Crippen molar-refractivity contribution in [2.45, 2.75) is 20.0 Å². The summed E-state index contributed by atoms with van der Waals surface area (Å²) in [7, 11) is 3.25. The first-order valence-electron chi connectivity index (χ1n) is 7.19. The first-order valence-corrected chi connectivity index (χ1v) is 7.19. The van der Waals surface area contributed by atoms with Gasteiger partial charge in [0, 0.05) is 25.8 Å². The van der Waals surface area contributed by atoms with Crippen molar-refractivity contribution in [3.63, 3.8) is 0 Å². The van der Waals surface area contributed by atoms with Crippen LogP contribution in [-0.2, 0) is 17.8 Å². The first-order chi connectivity index (χ1) is 10.6. The maximum absolute atomic E-state index is 12.6. The second-order valence-corrected chi connectivity index (χ2v) is 5.07. The van der Waals surface area contributed by atoms with Gasteiger partial charge in [-0.3, -0.25) is 4.79 Å². The van der Waals surface area contributed by atoms with Crippen molar-refractivity contribution >= 4 is 0 Å². The second kappa shape index (κ2) is 7.24. The Morgan fingerprint density at radius 1 is 1.18 bits per heavy atom. The zero-order valence-electron chi connectivity index (χ0n) is 13.3. The number of nitrogens with zero attached hydrogens (tertiary/aromatic N) is 1. The molecule has 2 N–H and O–H groups in total. The van der Waals surface area contributed by atoms with Gasteiger partial charge in [0.1, 0.15) is 5.75 Å². The molecule has 2 aromatic rings. The molecule has 5 nitrogen and oxygen atoms in total. The predicted octanol–water partition coefficient (Wildman–Crippen LogP) is 1.94. The molecule has 1 aromatic heterocycles. The number of hydrogen-bond acceptors (Lipinski definition) is 4. The predicted molar refractivity (Wildman–Crippen MR) is 87.2 cm³/mol. The van der Waals surface area contributed by atoms with Gasteiger partial charge in [-0.05, 0) is 48.4 Å². The van der Waals surface area contributed by atoms with Gasteiger partial charge in [0.15, 0.2) is 0 Å². The summed E-state index contributed by atoms with van der Waals surface area (Å²) in [6, 6.07) is 9.65. The maximum atomic E-state index is 12.6. The molecular formula is C17H22N2O3. The molecule has 0 saturated heterocycles. The van der Waals surface area contributed by atoms with E-state index in [1.54, 1.807) is 18.8 Å². The largest absolute Gasteiger partial charge is 0.497 e. The van der Waals surface area contributed by atoms with Crippen molar-refractivity contribution in [1.29, 1.82) is 0 Å². The summed E-state index contributed by atoms with van der Waals surface area (Å²) in [6.45, 7) is 3.11. The summed E-state index contributed by atoms with van der Waals surface area (Å²) in [4.78, 5) is 12.6. The number of hydrogen-bond donors (Lipinski definition) is 1. The average molecular weight is 302 g/mol. The molecule has 2 rings (SSSR count). The summed E-state index contributed by atoms with van der Waals surface area (Å²) in [5, 5.41) is 0. The zero-order valence-corrected chi connectivity index (χ0v) is 13.3. The van der Waals surface area contributed by atoms with Gasteiger partial charge in [0.05, 0.1) is 19.4 Å². The van der Waals surface area contributed by atoms with Crippen molar-refractivity contribution in [2.75, 3.05) is 20.8 Å².